The number of carbonyl (C=O) groups is 8. The van der Waals surface area contributed by atoms with Gasteiger partial charge in [0.25, 0.3) is 0 Å². The van der Waals surface area contributed by atoms with Crippen molar-refractivity contribution in [3.8, 4) is 45.8 Å². The Labute approximate surface area is 770 Å². The maximum Gasteiger partial charge on any atom is 0.310 e. The normalized spacial score (nSPS) is 27.4. The first-order chi connectivity index (χ1) is 60.8. The molecule has 4 aromatic heterocycles. The minimum Gasteiger partial charge on any atom is -0.491 e. The third-order valence-corrected chi connectivity index (χ3v) is 31.3. The van der Waals surface area contributed by atoms with Gasteiger partial charge in [-0.15, -0.1) is 29.3 Å². The Morgan fingerprint density at radius 3 is 1.28 bits per heavy atom. The average Bonchev–Trinajstić information content (AvgIpc) is 1.51. The number of carboxylic acids is 2. The van der Waals surface area contributed by atoms with E-state index >= 15 is 0 Å². The summed E-state index contributed by atoms with van der Waals surface area (Å²) in [6, 6.07) is 9.17. The Kier molecular flexibility index (Phi) is 28.9. The average molecular weight is 1840 g/mol. The highest BCUT2D eigenvalue weighted by molar-refractivity contribution is 7.10. The number of esters is 2. The number of rotatable bonds is 36. The largest absolute Gasteiger partial charge is 0.491 e. The van der Waals surface area contributed by atoms with Crippen LogP contribution in [0.3, 0.4) is 0 Å². The first-order valence-corrected chi connectivity index (χ1v) is 49.1. The van der Waals surface area contributed by atoms with Gasteiger partial charge in [0.15, 0.2) is 11.6 Å². The molecule has 2 aromatic carbocycles. The van der Waals surface area contributed by atoms with Crippen LogP contribution < -0.4 is 18.9 Å². The van der Waals surface area contributed by atoms with Gasteiger partial charge in [0.05, 0.1) is 105 Å². The molecule has 0 bridgehead atoms. The zero-order valence-electron chi connectivity index (χ0n) is 76.7. The first-order valence-electron chi connectivity index (χ1n) is 46.6. The number of amides is 2. The topological polar surface area (TPSA) is 303 Å². The molecule has 8 heterocycles. The SMILES string of the molecule is C=C[C@@H]1CC1(CC(=O)[C@@H]1C[C@@H](Oc2cc(-c3csc(CC(C)C)n3)nc3c(Cl)c(OCCN4CCN(C)CC4)ccc23)CN1C(=O)[C@@H](CC(=O)OC1C[C@@H]2C[C@@H]2C1)C(C)(C)C)C(=O)O.CC[C@@H]1CC1(CC(=O)[C@@H]1C[C@@H](Oc2cc(-c3csc(CC(C)C)n3)nc3c(Cl)c(OCCN4CCN(C)CC4)ccc23)CN1C(=O)[C@@H](CC(=O)OC1C[C@@H]2C[C@@H]2C1)C(C)(C)C)C(=O)O. The number of piperazine rings is 2. The Morgan fingerprint density at radius 1 is 0.531 bits per heavy atom. The third kappa shape index (κ3) is 21.8. The van der Waals surface area contributed by atoms with Crippen molar-refractivity contribution in [2.75, 3.05) is 106 Å². The van der Waals surface area contributed by atoms with E-state index in [0.717, 1.165) is 114 Å². The Balaban J connectivity index is 0.000000197. The molecular weight excluding hydrogens is 1710 g/mol. The number of fused-ring (bicyclic) bond motifs is 4. The van der Waals surface area contributed by atoms with Crippen LogP contribution in [0.4, 0.5) is 0 Å². The molecule has 6 aromatic rings. The molecule has 26 nitrogen and oxygen atoms in total. The third-order valence-electron chi connectivity index (χ3n) is 28.8. The summed E-state index contributed by atoms with van der Waals surface area (Å²) in [5.74, 6) is -0.922. The molecule has 4 unspecified atom stereocenters. The molecule has 16 rings (SSSR count). The second-order valence-electron chi connectivity index (χ2n) is 41.4. The number of benzene rings is 2. The molecule has 4 aliphatic heterocycles. The number of hydrogen-bond donors (Lipinski definition) is 2. The number of pyridine rings is 2. The summed E-state index contributed by atoms with van der Waals surface area (Å²) in [6.45, 7) is 36.4. The minimum absolute atomic E-state index is 0.0451. The van der Waals surface area contributed by atoms with Gasteiger partial charge in [-0.05, 0) is 148 Å². The lowest BCUT2D eigenvalue weighted by Gasteiger charge is -2.35. The van der Waals surface area contributed by atoms with E-state index in [0.29, 0.717) is 146 Å². The van der Waals surface area contributed by atoms with Gasteiger partial charge in [-0.25, -0.2) is 19.9 Å². The number of ketones is 2. The van der Waals surface area contributed by atoms with Crippen LogP contribution in [0.5, 0.6) is 23.0 Å². The number of carbonyl (C=O) groups excluding carboxylic acids is 6. The van der Waals surface area contributed by atoms with Crippen molar-refractivity contribution >= 4 is 115 Å². The first kappa shape index (κ1) is 94.7. The van der Waals surface area contributed by atoms with Crippen LogP contribution in [-0.4, -0.2) is 249 Å². The van der Waals surface area contributed by atoms with Gasteiger partial charge in [-0.2, -0.15) is 0 Å². The van der Waals surface area contributed by atoms with Crippen molar-refractivity contribution in [2.45, 2.75) is 222 Å². The quantitative estimate of drug-likeness (QED) is 0.0273. The van der Waals surface area contributed by atoms with E-state index in [9.17, 15) is 48.6 Å². The number of allylic oxidation sites excluding steroid dienone is 1. The molecule has 6 saturated carbocycles. The highest BCUT2D eigenvalue weighted by Crippen LogP contribution is 2.60. The number of Topliss-reactive ketones (excluding diaryl/α,β-unsaturated/α-hetero) is 2. The molecule has 0 radical (unpaired) electrons. The van der Waals surface area contributed by atoms with Crippen LogP contribution in [0.25, 0.3) is 44.6 Å². The lowest BCUT2D eigenvalue weighted by atomic mass is 9.77. The van der Waals surface area contributed by atoms with Crippen molar-refractivity contribution in [3.63, 3.8) is 0 Å². The van der Waals surface area contributed by atoms with Crippen LogP contribution in [0, 0.1) is 80.8 Å². The van der Waals surface area contributed by atoms with Crippen LogP contribution in [0.2, 0.25) is 10.0 Å². The molecule has 0 spiro atoms. The maximum atomic E-state index is 14.9. The predicted molar refractivity (Wildman–Crippen MR) is 493 cm³/mol. The molecule has 10 fully saturated rings. The van der Waals surface area contributed by atoms with E-state index < -0.39 is 81.7 Å². The van der Waals surface area contributed by atoms with Crippen LogP contribution in [0.1, 0.15) is 182 Å². The van der Waals surface area contributed by atoms with Gasteiger partial charge < -0.3 is 58.2 Å². The number of likely N-dealkylation sites (tertiary alicyclic amines) is 2. The number of aromatic nitrogens is 4. The molecule has 30 heteroatoms. The number of halogens is 2. The lowest BCUT2D eigenvalue weighted by molar-refractivity contribution is -0.157. The Bertz CT molecular complexity index is 5110. The molecule has 16 atom stereocenters. The van der Waals surface area contributed by atoms with Crippen LogP contribution in [-0.2, 0) is 60.7 Å². The molecular formula is C98H130Cl2N10O16S2. The zero-order chi connectivity index (χ0) is 91.3. The van der Waals surface area contributed by atoms with Gasteiger partial charge in [-0.3, -0.25) is 48.2 Å². The summed E-state index contributed by atoms with van der Waals surface area (Å²) >= 11 is 17.5. The summed E-state index contributed by atoms with van der Waals surface area (Å²) in [4.78, 5) is 143. The van der Waals surface area contributed by atoms with Gasteiger partial charge in [0.1, 0.15) is 70.7 Å². The van der Waals surface area contributed by atoms with Gasteiger partial charge in [0.2, 0.25) is 11.8 Å². The summed E-state index contributed by atoms with van der Waals surface area (Å²) in [5, 5.41) is 28.5. The van der Waals surface area contributed by atoms with E-state index in [1.165, 1.54) is 17.7 Å². The van der Waals surface area contributed by atoms with Crippen molar-refractivity contribution in [3.05, 3.63) is 79.9 Å². The van der Waals surface area contributed by atoms with Gasteiger partial charge in [-0.1, -0.05) is 112 Å². The van der Waals surface area contributed by atoms with E-state index in [4.69, 9.17) is 71.6 Å². The summed E-state index contributed by atoms with van der Waals surface area (Å²) in [6.07, 6.45) is 8.55. The fourth-order valence-corrected chi connectivity index (χ4v) is 23.0. The van der Waals surface area contributed by atoms with Crippen molar-refractivity contribution < 1.29 is 77.0 Å². The second-order valence-corrected chi connectivity index (χ2v) is 44.1. The molecule has 4 saturated heterocycles. The number of ether oxygens (including phenoxy) is 6. The second kappa shape index (κ2) is 39.1. The monoisotopic (exact) mass is 1840 g/mol. The zero-order valence-corrected chi connectivity index (χ0v) is 79.9. The molecule has 694 valence electrons. The number of hydrogen-bond acceptors (Lipinski definition) is 24. The number of carboxylic acid groups (broad SMARTS) is 2. The van der Waals surface area contributed by atoms with E-state index in [-0.39, 0.29) is 99.0 Å². The maximum absolute atomic E-state index is 14.9. The summed E-state index contributed by atoms with van der Waals surface area (Å²) in [7, 11) is 4.26. The lowest BCUT2D eigenvalue weighted by Crippen LogP contribution is -2.48. The van der Waals surface area contributed by atoms with Crippen LogP contribution in [0.15, 0.2) is 59.8 Å². The highest BCUT2D eigenvalue weighted by Gasteiger charge is 2.63. The van der Waals surface area contributed by atoms with E-state index in [2.05, 4.69) is 68.0 Å². The predicted octanol–water partition coefficient (Wildman–Crippen LogP) is 15.9. The van der Waals surface area contributed by atoms with E-state index in [1.54, 1.807) is 33.6 Å². The van der Waals surface area contributed by atoms with Gasteiger partial charge in [0, 0.05) is 138 Å². The Morgan fingerprint density at radius 2 is 0.930 bits per heavy atom. The number of aliphatic carboxylic acids is 2. The fourth-order valence-electron chi connectivity index (χ4n) is 20.5. The molecule has 2 amide bonds. The number of likely N-dealkylation sites (N-methyl/N-ethyl adjacent to an activating group) is 2. The Hall–Kier alpha value is -7.96. The van der Waals surface area contributed by atoms with Gasteiger partial charge >= 0.3 is 23.9 Å². The fraction of sp³-hybridized carbons (Fsp3) is 0.653. The molecule has 10 aliphatic rings. The smallest absolute Gasteiger partial charge is 0.310 e. The summed E-state index contributed by atoms with van der Waals surface area (Å²) in [5.41, 5.74) is -0.272. The van der Waals surface area contributed by atoms with Crippen molar-refractivity contribution in [2.24, 2.45) is 80.8 Å². The number of nitrogens with zero attached hydrogens (tertiary/aromatic N) is 10. The summed E-state index contributed by atoms with van der Waals surface area (Å²) < 4.78 is 38.2. The molecule has 2 N–H and O–H groups in total. The highest BCUT2D eigenvalue weighted by atomic mass is 35.5. The standard InChI is InChI=1S/C49H66ClN5O8S.C49H64ClN5O8S/c2*1-8-31-24-49(31,47(59)60)25-39(56)38-21-33(26-55(38)46(58)35(48(4,5)6)22-43(57)63-32-19-29-18-30(29)20-32)62-41-23-36(37-27-64-42(51-37)17-28(2)3)52-45-34(41)9-10-40(44(45)50)61-16-15-54-13-11-53(7)12-14-54/h9-10,23,27-33,35,38H,8,11-22,24-26H2,1-7H3,(H,59,60);8-10,23,27-33,35,38H,1,11-22,24-26H2,2-7H3,(H,59,60)/t2*29-,30+,31-,32?,33-,35-,38+,49?/m11/s1. The number of thiazole rings is 2. The molecule has 128 heavy (non-hydrogen) atoms. The minimum atomic E-state index is -1.26. The van der Waals surface area contributed by atoms with Crippen molar-refractivity contribution in [1.29, 1.82) is 0 Å². The van der Waals surface area contributed by atoms with E-state index in [1.807, 2.05) is 95.6 Å². The van der Waals surface area contributed by atoms with Crippen molar-refractivity contribution in [1.82, 2.24) is 49.3 Å². The van der Waals surface area contributed by atoms with Crippen LogP contribution >= 0.6 is 45.9 Å². The molecule has 6 aliphatic carbocycles.